The van der Waals surface area contributed by atoms with E-state index in [1.165, 1.54) is 16.3 Å². The van der Waals surface area contributed by atoms with Crippen molar-refractivity contribution < 1.29 is 0 Å². The van der Waals surface area contributed by atoms with Gasteiger partial charge in [-0.2, -0.15) is 0 Å². The van der Waals surface area contributed by atoms with Crippen LogP contribution in [-0.2, 0) is 0 Å². The summed E-state index contributed by atoms with van der Waals surface area (Å²) in [5.74, 6) is 0. The van der Waals surface area contributed by atoms with E-state index in [0.717, 1.165) is 28.2 Å². The Morgan fingerprint density at radius 2 is 1.42 bits per heavy atom. The van der Waals surface area contributed by atoms with Crippen LogP contribution in [0.5, 0.6) is 0 Å². The predicted octanol–water partition coefficient (Wildman–Crippen LogP) is 5.58. The summed E-state index contributed by atoms with van der Waals surface area (Å²) in [4.78, 5) is 9.30. The number of benzene rings is 2. The molecule has 2 heterocycles. The van der Waals surface area contributed by atoms with Gasteiger partial charge in [-0.15, -0.1) is 0 Å². The Bertz CT molecular complexity index is 1030. The van der Waals surface area contributed by atoms with Gasteiger partial charge in [0.2, 0.25) is 0 Å². The molecule has 0 saturated carbocycles. The summed E-state index contributed by atoms with van der Waals surface area (Å²) in [6.07, 6.45) is 1.91. The van der Waals surface area contributed by atoms with Crippen molar-refractivity contribution in [3.8, 4) is 22.5 Å². The highest BCUT2D eigenvalue weighted by molar-refractivity contribution is 5.96. The van der Waals surface area contributed by atoms with Crippen molar-refractivity contribution in [2.24, 2.45) is 0 Å². The molecule has 4 rings (SSSR count). The molecule has 2 nitrogen and oxygen atoms in total. The normalized spacial score (nSPS) is 10.9. The Kier molecular flexibility index (Phi) is 3.58. The van der Waals surface area contributed by atoms with Gasteiger partial charge in [-0.1, -0.05) is 48.5 Å². The van der Waals surface area contributed by atoms with Crippen LogP contribution in [0, 0.1) is 13.8 Å². The highest BCUT2D eigenvalue weighted by Crippen LogP contribution is 2.29. The lowest BCUT2D eigenvalue weighted by Crippen LogP contribution is -1.93. The molecule has 0 bridgehead atoms. The molecule has 116 valence electrons. The number of pyridine rings is 2. The van der Waals surface area contributed by atoms with Gasteiger partial charge in [0.1, 0.15) is 0 Å². The molecule has 0 radical (unpaired) electrons. The number of rotatable bonds is 2. The molecule has 0 aliphatic carbocycles. The number of fused-ring (bicyclic) bond motifs is 1. The molecule has 2 aromatic carbocycles. The minimum atomic E-state index is 0.989. The van der Waals surface area contributed by atoms with E-state index in [-0.39, 0.29) is 0 Å². The highest BCUT2D eigenvalue weighted by Gasteiger charge is 2.08. The van der Waals surface area contributed by atoms with E-state index in [4.69, 9.17) is 4.98 Å². The first kappa shape index (κ1) is 14.6. The van der Waals surface area contributed by atoms with Crippen LogP contribution in [0.25, 0.3) is 33.3 Å². The number of aromatic nitrogens is 2. The van der Waals surface area contributed by atoms with Crippen LogP contribution in [0.15, 0.2) is 72.9 Å². The van der Waals surface area contributed by atoms with Crippen LogP contribution in [0.4, 0.5) is 0 Å². The summed E-state index contributed by atoms with van der Waals surface area (Å²) < 4.78 is 0. The highest BCUT2D eigenvalue weighted by atomic mass is 14.7. The largest absolute Gasteiger partial charge is 0.261 e. The summed E-state index contributed by atoms with van der Waals surface area (Å²) in [5, 5.41) is 2.46. The summed E-state index contributed by atoms with van der Waals surface area (Å²) in [5.41, 5.74) is 6.45. The Balaban J connectivity index is 1.90. The fourth-order valence-corrected chi connectivity index (χ4v) is 3.09. The van der Waals surface area contributed by atoms with Crippen LogP contribution in [-0.4, -0.2) is 9.97 Å². The lowest BCUT2D eigenvalue weighted by atomic mass is 10.0. The quantitative estimate of drug-likeness (QED) is 0.483. The number of nitrogens with zero attached hydrogens (tertiary/aromatic N) is 2. The Hall–Kier alpha value is -3.00. The minimum Gasteiger partial charge on any atom is -0.261 e. The molecule has 0 atom stereocenters. The minimum absolute atomic E-state index is 0.989. The van der Waals surface area contributed by atoms with E-state index in [2.05, 4.69) is 78.6 Å². The van der Waals surface area contributed by atoms with Crippen molar-refractivity contribution in [1.29, 1.82) is 0 Å². The average Bonchev–Trinajstić information content (AvgIpc) is 2.63. The topological polar surface area (TPSA) is 25.8 Å². The van der Waals surface area contributed by atoms with Gasteiger partial charge in [0.25, 0.3) is 0 Å². The Morgan fingerprint density at radius 3 is 2.29 bits per heavy atom. The van der Waals surface area contributed by atoms with E-state index in [9.17, 15) is 0 Å². The van der Waals surface area contributed by atoms with E-state index in [1.807, 2.05) is 13.1 Å². The summed E-state index contributed by atoms with van der Waals surface area (Å²) in [7, 11) is 0. The van der Waals surface area contributed by atoms with Crippen molar-refractivity contribution in [2.75, 3.05) is 0 Å². The molecule has 2 heteroatoms. The Labute approximate surface area is 141 Å². The van der Waals surface area contributed by atoms with Gasteiger partial charge < -0.3 is 0 Å². The second-order valence-electron chi connectivity index (χ2n) is 6.08. The van der Waals surface area contributed by atoms with Crippen LogP contribution >= 0.6 is 0 Å². The van der Waals surface area contributed by atoms with Crippen molar-refractivity contribution in [3.63, 3.8) is 0 Å². The molecule has 0 aliphatic rings. The molecular weight excluding hydrogens is 292 g/mol. The molecule has 0 unspecified atom stereocenters. The third-order valence-electron chi connectivity index (χ3n) is 4.33. The maximum Gasteiger partial charge on any atom is 0.0715 e. The first-order valence-electron chi connectivity index (χ1n) is 8.11. The van der Waals surface area contributed by atoms with E-state index in [0.29, 0.717) is 0 Å². The molecule has 0 amide bonds. The first-order valence-corrected chi connectivity index (χ1v) is 8.11. The van der Waals surface area contributed by atoms with Gasteiger partial charge in [-0.3, -0.25) is 4.98 Å². The number of hydrogen-bond donors (Lipinski definition) is 0. The molecule has 0 spiro atoms. The van der Waals surface area contributed by atoms with Gasteiger partial charge >= 0.3 is 0 Å². The molecule has 0 fully saturated rings. The molecule has 4 aromatic rings. The molecule has 24 heavy (non-hydrogen) atoms. The lowest BCUT2D eigenvalue weighted by Gasteiger charge is -2.10. The zero-order valence-electron chi connectivity index (χ0n) is 13.8. The van der Waals surface area contributed by atoms with E-state index in [1.54, 1.807) is 0 Å². The fourth-order valence-electron chi connectivity index (χ4n) is 3.09. The van der Waals surface area contributed by atoms with E-state index >= 15 is 0 Å². The zero-order valence-corrected chi connectivity index (χ0v) is 13.8. The van der Waals surface area contributed by atoms with Crippen molar-refractivity contribution in [1.82, 2.24) is 9.97 Å². The maximum atomic E-state index is 4.94. The smallest absolute Gasteiger partial charge is 0.0715 e. The van der Waals surface area contributed by atoms with Gasteiger partial charge in [0.05, 0.1) is 11.4 Å². The van der Waals surface area contributed by atoms with Gasteiger partial charge in [-0.25, -0.2) is 4.98 Å². The fraction of sp³-hybridized carbons (Fsp3) is 0.0909. The Morgan fingerprint density at radius 1 is 0.708 bits per heavy atom. The molecule has 2 aromatic heterocycles. The monoisotopic (exact) mass is 310 g/mol. The second kappa shape index (κ2) is 5.89. The lowest BCUT2D eigenvalue weighted by molar-refractivity contribution is 1.16. The molecule has 0 saturated heterocycles. The van der Waals surface area contributed by atoms with Gasteiger partial charge in [0.15, 0.2) is 0 Å². The van der Waals surface area contributed by atoms with E-state index < -0.39 is 0 Å². The molecular formula is C22H18N2. The van der Waals surface area contributed by atoms with Crippen LogP contribution in [0.1, 0.15) is 11.3 Å². The summed E-state index contributed by atoms with van der Waals surface area (Å²) in [6, 6.07) is 23.1. The van der Waals surface area contributed by atoms with Crippen LogP contribution < -0.4 is 0 Å². The molecule has 0 N–H and O–H groups in total. The first-order chi connectivity index (χ1) is 11.7. The van der Waals surface area contributed by atoms with Crippen molar-refractivity contribution in [2.45, 2.75) is 13.8 Å². The van der Waals surface area contributed by atoms with Crippen molar-refractivity contribution in [3.05, 3.63) is 84.2 Å². The van der Waals surface area contributed by atoms with Gasteiger partial charge in [-0.05, 0) is 48.4 Å². The van der Waals surface area contributed by atoms with Crippen LogP contribution in [0.3, 0.4) is 0 Å². The van der Waals surface area contributed by atoms with Gasteiger partial charge in [0, 0.05) is 23.0 Å². The summed E-state index contributed by atoms with van der Waals surface area (Å²) in [6.45, 7) is 4.09. The predicted molar refractivity (Wildman–Crippen MR) is 99.9 cm³/mol. The number of hydrogen-bond acceptors (Lipinski definition) is 2. The standard InChI is InChI=1S/C22H18N2/c1-15-14-23-16(2)13-20(15)22-12-6-11-21(24-22)19-10-5-8-17-7-3-4-9-18(17)19/h3-14H,1-2H3. The maximum absolute atomic E-state index is 4.94. The summed E-state index contributed by atoms with van der Waals surface area (Å²) >= 11 is 0. The SMILES string of the molecule is Cc1cc(-c2cccc(-c3cccc4ccccc34)n2)c(C)cn1. The number of aryl methyl sites for hydroxylation is 2. The zero-order chi connectivity index (χ0) is 16.5. The van der Waals surface area contributed by atoms with Crippen LogP contribution in [0.2, 0.25) is 0 Å². The average molecular weight is 310 g/mol. The third kappa shape index (κ3) is 2.56. The second-order valence-corrected chi connectivity index (χ2v) is 6.08. The molecule has 0 aliphatic heterocycles. The third-order valence-corrected chi connectivity index (χ3v) is 4.33. The van der Waals surface area contributed by atoms with Crippen molar-refractivity contribution >= 4 is 10.8 Å².